The van der Waals surface area contributed by atoms with Crippen LogP contribution in [0.3, 0.4) is 0 Å². The van der Waals surface area contributed by atoms with Crippen molar-refractivity contribution in [1.82, 2.24) is 20.0 Å². The third kappa shape index (κ3) is 6.57. The first-order chi connectivity index (χ1) is 16.8. The summed E-state index contributed by atoms with van der Waals surface area (Å²) in [5.74, 6) is 0.997. The number of amides is 2. The van der Waals surface area contributed by atoms with Crippen LogP contribution in [0.25, 0.3) is 0 Å². The molecule has 7 nitrogen and oxygen atoms in total. The third-order valence-electron chi connectivity index (χ3n) is 7.46. The van der Waals surface area contributed by atoms with Gasteiger partial charge in [-0.05, 0) is 76.1 Å². The van der Waals surface area contributed by atoms with Crippen LogP contribution in [-0.2, 0) is 16.0 Å². The van der Waals surface area contributed by atoms with E-state index in [0.29, 0.717) is 43.2 Å². The van der Waals surface area contributed by atoms with E-state index >= 15 is 0 Å². The summed E-state index contributed by atoms with van der Waals surface area (Å²) in [5.41, 5.74) is 2.67. The zero-order valence-electron chi connectivity index (χ0n) is 20.9. The predicted molar refractivity (Wildman–Crippen MR) is 137 cm³/mol. The molecule has 1 atom stereocenters. The summed E-state index contributed by atoms with van der Waals surface area (Å²) in [6.07, 6.45) is 6.54. The van der Waals surface area contributed by atoms with E-state index in [-0.39, 0.29) is 11.8 Å². The standard InChI is InChI=1S/C27H37ClN4O3/c1-20-24(21(2)30-29-20)10-11-25(33)32-15-7-12-27(18-32,17-26(34)31-13-4-3-5-14-31)19-35-23-9-6-8-22(28)16-23/h6,8-9,16H,3-5,7,10-15,17-19H2,1-2H3,(H,29,30). The number of halogens is 1. The van der Waals surface area contributed by atoms with Gasteiger partial charge >= 0.3 is 0 Å². The van der Waals surface area contributed by atoms with Crippen LogP contribution in [0.15, 0.2) is 24.3 Å². The second-order valence-corrected chi connectivity index (χ2v) is 10.6. The predicted octanol–water partition coefficient (Wildman–Crippen LogP) is 4.70. The van der Waals surface area contributed by atoms with Gasteiger partial charge in [-0.2, -0.15) is 5.10 Å². The van der Waals surface area contributed by atoms with Gasteiger partial charge in [-0.3, -0.25) is 14.7 Å². The average molecular weight is 501 g/mol. The number of hydrogen-bond acceptors (Lipinski definition) is 4. The quantitative estimate of drug-likeness (QED) is 0.569. The van der Waals surface area contributed by atoms with Crippen molar-refractivity contribution >= 4 is 23.4 Å². The van der Waals surface area contributed by atoms with Crippen LogP contribution in [-0.4, -0.2) is 64.6 Å². The molecule has 0 bridgehead atoms. The number of piperidine rings is 2. The Morgan fingerprint density at radius 1 is 1.09 bits per heavy atom. The maximum Gasteiger partial charge on any atom is 0.223 e. The fraction of sp³-hybridized carbons (Fsp3) is 0.593. The van der Waals surface area contributed by atoms with E-state index in [1.54, 1.807) is 6.07 Å². The number of likely N-dealkylation sites (tertiary alicyclic amines) is 2. The molecule has 0 radical (unpaired) electrons. The zero-order chi connectivity index (χ0) is 24.8. The largest absolute Gasteiger partial charge is 0.493 e. The van der Waals surface area contributed by atoms with E-state index in [0.717, 1.165) is 62.3 Å². The molecule has 2 aliphatic rings. The van der Waals surface area contributed by atoms with Crippen molar-refractivity contribution in [3.05, 3.63) is 46.2 Å². The summed E-state index contributed by atoms with van der Waals surface area (Å²) in [4.78, 5) is 30.5. The molecule has 1 aromatic carbocycles. The lowest BCUT2D eigenvalue weighted by Gasteiger charge is -2.43. The number of nitrogens with one attached hydrogen (secondary N) is 1. The van der Waals surface area contributed by atoms with E-state index in [4.69, 9.17) is 16.3 Å². The minimum absolute atomic E-state index is 0.127. The number of rotatable bonds is 8. The smallest absolute Gasteiger partial charge is 0.223 e. The van der Waals surface area contributed by atoms with Gasteiger partial charge in [0.2, 0.25) is 11.8 Å². The number of aromatic nitrogens is 2. The van der Waals surface area contributed by atoms with Gasteiger partial charge in [-0.15, -0.1) is 0 Å². The van der Waals surface area contributed by atoms with Crippen LogP contribution >= 0.6 is 11.6 Å². The topological polar surface area (TPSA) is 78.5 Å². The summed E-state index contributed by atoms with van der Waals surface area (Å²) < 4.78 is 6.19. The number of carbonyl (C=O) groups is 2. The van der Waals surface area contributed by atoms with Gasteiger partial charge in [0.25, 0.3) is 0 Å². The molecule has 1 N–H and O–H groups in total. The molecule has 190 valence electrons. The Kier molecular flexibility index (Phi) is 8.37. The second kappa shape index (κ2) is 11.5. The lowest BCUT2D eigenvalue weighted by molar-refractivity contribution is -0.142. The molecule has 0 spiro atoms. The van der Waals surface area contributed by atoms with E-state index in [1.165, 1.54) is 6.42 Å². The van der Waals surface area contributed by atoms with Gasteiger partial charge in [0.1, 0.15) is 5.75 Å². The zero-order valence-corrected chi connectivity index (χ0v) is 21.7. The number of nitrogens with zero attached hydrogens (tertiary/aromatic N) is 3. The monoisotopic (exact) mass is 500 g/mol. The molecule has 35 heavy (non-hydrogen) atoms. The second-order valence-electron chi connectivity index (χ2n) is 10.2. The van der Waals surface area contributed by atoms with Crippen LogP contribution < -0.4 is 4.74 Å². The maximum atomic E-state index is 13.3. The Morgan fingerprint density at radius 2 is 1.86 bits per heavy atom. The highest BCUT2D eigenvalue weighted by molar-refractivity contribution is 6.30. The van der Waals surface area contributed by atoms with Crippen molar-refractivity contribution in [2.45, 2.75) is 65.2 Å². The Bertz CT molecular complexity index is 1010. The number of ether oxygens (including phenoxy) is 1. The fourth-order valence-corrected chi connectivity index (χ4v) is 5.62. The van der Waals surface area contributed by atoms with Gasteiger partial charge in [-0.1, -0.05) is 17.7 Å². The minimum Gasteiger partial charge on any atom is -0.493 e. The molecule has 8 heteroatoms. The SMILES string of the molecule is Cc1n[nH]c(C)c1CCC(=O)N1CCCC(COc2cccc(Cl)c2)(CC(=O)N2CCCCC2)C1. The number of carbonyl (C=O) groups excluding carboxylic acids is 2. The molecule has 0 aliphatic carbocycles. The number of hydrogen-bond donors (Lipinski definition) is 1. The summed E-state index contributed by atoms with van der Waals surface area (Å²) in [6, 6.07) is 7.35. The molecule has 1 unspecified atom stereocenters. The lowest BCUT2D eigenvalue weighted by atomic mass is 9.77. The molecular weight excluding hydrogens is 464 g/mol. The molecule has 3 heterocycles. The Hall–Kier alpha value is -2.54. The van der Waals surface area contributed by atoms with E-state index in [2.05, 4.69) is 10.2 Å². The Labute approximate surface area is 213 Å². The fourth-order valence-electron chi connectivity index (χ4n) is 5.44. The highest BCUT2D eigenvalue weighted by atomic mass is 35.5. The molecule has 4 rings (SSSR count). The molecule has 0 saturated carbocycles. The van der Waals surface area contributed by atoms with Crippen molar-refractivity contribution in [1.29, 1.82) is 0 Å². The summed E-state index contributed by atoms with van der Waals surface area (Å²) >= 11 is 6.15. The molecule has 2 aliphatic heterocycles. The number of H-pyrrole nitrogens is 1. The number of aromatic amines is 1. The van der Waals surface area contributed by atoms with Crippen molar-refractivity contribution in [3.8, 4) is 5.75 Å². The van der Waals surface area contributed by atoms with Crippen LogP contribution in [0, 0.1) is 19.3 Å². The molecule has 2 aromatic rings. The van der Waals surface area contributed by atoms with Gasteiger partial charge in [0, 0.05) is 55.2 Å². The lowest BCUT2D eigenvalue weighted by Crippen LogP contribution is -2.51. The number of benzene rings is 1. The highest BCUT2D eigenvalue weighted by Crippen LogP contribution is 2.36. The third-order valence-corrected chi connectivity index (χ3v) is 7.69. The molecule has 1 aromatic heterocycles. The van der Waals surface area contributed by atoms with E-state index in [9.17, 15) is 9.59 Å². The van der Waals surface area contributed by atoms with Crippen molar-refractivity contribution in [3.63, 3.8) is 0 Å². The van der Waals surface area contributed by atoms with Gasteiger partial charge in [0.05, 0.1) is 12.3 Å². The summed E-state index contributed by atoms with van der Waals surface area (Å²) in [6.45, 7) is 7.26. The van der Waals surface area contributed by atoms with Crippen LogP contribution in [0.2, 0.25) is 5.02 Å². The summed E-state index contributed by atoms with van der Waals surface area (Å²) in [7, 11) is 0. The molecule has 2 fully saturated rings. The van der Waals surface area contributed by atoms with Gasteiger partial charge in [-0.25, -0.2) is 0 Å². The highest BCUT2D eigenvalue weighted by Gasteiger charge is 2.41. The Balaban J connectivity index is 1.46. The number of aryl methyl sites for hydroxylation is 2. The van der Waals surface area contributed by atoms with Gasteiger partial charge < -0.3 is 14.5 Å². The molecule has 2 amide bonds. The average Bonchev–Trinajstić information content (AvgIpc) is 3.19. The van der Waals surface area contributed by atoms with Crippen molar-refractivity contribution in [2.24, 2.45) is 5.41 Å². The molecular formula is C27H37ClN4O3. The van der Waals surface area contributed by atoms with Crippen LogP contribution in [0.5, 0.6) is 5.75 Å². The van der Waals surface area contributed by atoms with Crippen molar-refractivity contribution in [2.75, 3.05) is 32.8 Å². The van der Waals surface area contributed by atoms with E-state index in [1.807, 2.05) is 41.8 Å². The van der Waals surface area contributed by atoms with E-state index < -0.39 is 5.41 Å². The first-order valence-corrected chi connectivity index (χ1v) is 13.2. The maximum absolute atomic E-state index is 13.3. The van der Waals surface area contributed by atoms with Crippen molar-refractivity contribution < 1.29 is 14.3 Å². The van der Waals surface area contributed by atoms with Crippen LogP contribution in [0.1, 0.15) is 61.9 Å². The van der Waals surface area contributed by atoms with Gasteiger partial charge in [0.15, 0.2) is 0 Å². The minimum atomic E-state index is -0.410. The molecule has 2 saturated heterocycles. The first kappa shape index (κ1) is 25.5. The first-order valence-electron chi connectivity index (χ1n) is 12.8. The van der Waals surface area contributed by atoms with Crippen LogP contribution in [0.4, 0.5) is 0 Å². The normalized spacial score (nSPS) is 20.7. The Morgan fingerprint density at radius 3 is 2.57 bits per heavy atom. The summed E-state index contributed by atoms with van der Waals surface area (Å²) in [5, 5.41) is 7.86.